The highest BCUT2D eigenvalue weighted by Crippen LogP contribution is 2.11. The number of benzene rings is 2. The number of nitrogens with one attached hydrogen (secondary N) is 2. The summed E-state index contributed by atoms with van der Waals surface area (Å²) in [6.45, 7) is 0.112. The first kappa shape index (κ1) is 19.8. The molecule has 0 bridgehead atoms. The van der Waals surface area contributed by atoms with Crippen molar-refractivity contribution in [1.82, 2.24) is 10.6 Å². The van der Waals surface area contributed by atoms with Crippen LogP contribution in [0.15, 0.2) is 60.3 Å². The molecular weight excluding hydrogens is 351 g/mol. The van der Waals surface area contributed by atoms with Crippen LogP contribution >= 0.6 is 0 Å². The Morgan fingerprint density at radius 2 is 1.67 bits per heavy atom. The molecule has 0 aliphatic heterocycles. The molecule has 0 spiro atoms. The van der Waals surface area contributed by atoms with Crippen molar-refractivity contribution in [2.24, 2.45) is 0 Å². The van der Waals surface area contributed by atoms with E-state index in [0.29, 0.717) is 5.56 Å². The second-order valence-electron chi connectivity index (χ2n) is 5.65. The first-order valence-corrected chi connectivity index (χ1v) is 8.30. The molecule has 0 heterocycles. The smallest absolute Gasteiger partial charge is 0.303 e. The van der Waals surface area contributed by atoms with Gasteiger partial charge in [-0.3, -0.25) is 14.4 Å². The maximum atomic E-state index is 13.9. The molecule has 0 aromatic heterocycles. The fourth-order valence-corrected chi connectivity index (χ4v) is 2.23. The topological polar surface area (TPSA) is 95.5 Å². The van der Waals surface area contributed by atoms with Crippen LogP contribution in [0.25, 0.3) is 6.08 Å². The lowest BCUT2D eigenvalue weighted by Crippen LogP contribution is -2.35. The SMILES string of the molecule is O=C(O)CCCNC(=O)C(=Cc1ccccc1F)NC(=O)c1ccccc1. The quantitative estimate of drug-likeness (QED) is 0.492. The summed E-state index contributed by atoms with van der Waals surface area (Å²) in [4.78, 5) is 35.3. The summed E-state index contributed by atoms with van der Waals surface area (Å²) in [5.41, 5.74) is 0.349. The summed E-state index contributed by atoms with van der Waals surface area (Å²) >= 11 is 0. The van der Waals surface area contributed by atoms with Gasteiger partial charge >= 0.3 is 5.97 Å². The van der Waals surface area contributed by atoms with E-state index < -0.39 is 23.6 Å². The van der Waals surface area contributed by atoms with Crippen LogP contribution in [0.2, 0.25) is 0 Å². The Bertz CT molecular complexity index is 850. The van der Waals surface area contributed by atoms with Crippen LogP contribution in [0.4, 0.5) is 4.39 Å². The minimum atomic E-state index is -0.969. The molecule has 0 fully saturated rings. The molecule has 0 atom stereocenters. The first-order chi connectivity index (χ1) is 13.0. The number of carbonyl (C=O) groups is 3. The van der Waals surface area contributed by atoms with E-state index in [1.54, 1.807) is 36.4 Å². The molecule has 0 saturated heterocycles. The van der Waals surface area contributed by atoms with Gasteiger partial charge in [0, 0.05) is 24.1 Å². The molecule has 0 aliphatic rings. The molecule has 3 N–H and O–H groups in total. The van der Waals surface area contributed by atoms with Gasteiger partial charge in [-0.1, -0.05) is 36.4 Å². The summed E-state index contributed by atoms with van der Waals surface area (Å²) in [5, 5.41) is 13.6. The molecule has 6 nitrogen and oxygen atoms in total. The Balaban J connectivity index is 2.18. The lowest BCUT2D eigenvalue weighted by atomic mass is 10.1. The predicted molar refractivity (Wildman–Crippen MR) is 98.2 cm³/mol. The highest BCUT2D eigenvalue weighted by molar-refractivity contribution is 6.05. The average Bonchev–Trinajstić information content (AvgIpc) is 2.66. The number of hydrogen-bond acceptors (Lipinski definition) is 3. The van der Waals surface area contributed by atoms with Crippen molar-refractivity contribution in [2.45, 2.75) is 12.8 Å². The highest BCUT2D eigenvalue weighted by atomic mass is 19.1. The van der Waals surface area contributed by atoms with Crippen molar-refractivity contribution < 1.29 is 23.9 Å². The molecule has 0 unspecified atom stereocenters. The van der Waals surface area contributed by atoms with Crippen LogP contribution in [-0.4, -0.2) is 29.4 Å². The van der Waals surface area contributed by atoms with E-state index >= 15 is 0 Å². The van der Waals surface area contributed by atoms with Crippen LogP contribution < -0.4 is 10.6 Å². The zero-order valence-corrected chi connectivity index (χ0v) is 14.4. The van der Waals surface area contributed by atoms with E-state index in [-0.39, 0.29) is 30.6 Å². The summed E-state index contributed by atoms with van der Waals surface area (Å²) < 4.78 is 13.9. The van der Waals surface area contributed by atoms with Gasteiger partial charge in [0.15, 0.2) is 0 Å². The van der Waals surface area contributed by atoms with Crippen molar-refractivity contribution in [1.29, 1.82) is 0 Å². The molecule has 0 aliphatic carbocycles. The van der Waals surface area contributed by atoms with Gasteiger partial charge in [0.25, 0.3) is 11.8 Å². The van der Waals surface area contributed by atoms with Gasteiger partial charge in [-0.25, -0.2) is 4.39 Å². The molecule has 0 radical (unpaired) electrons. The van der Waals surface area contributed by atoms with Crippen LogP contribution in [0.3, 0.4) is 0 Å². The molecular formula is C20H19FN2O4. The number of aliphatic carboxylic acids is 1. The third-order valence-electron chi connectivity index (χ3n) is 3.59. The minimum Gasteiger partial charge on any atom is -0.481 e. The van der Waals surface area contributed by atoms with Gasteiger partial charge in [0.05, 0.1) is 0 Å². The maximum Gasteiger partial charge on any atom is 0.303 e. The van der Waals surface area contributed by atoms with E-state index in [4.69, 9.17) is 5.11 Å². The number of carboxylic acids is 1. The number of carboxylic acid groups (broad SMARTS) is 1. The fourth-order valence-electron chi connectivity index (χ4n) is 2.23. The lowest BCUT2D eigenvalue weighted by Gasteiger charge is -2.11. The van der Waals surface area contributed by atoms with Crippen molar-refractivity contribution in [3.63, 3.8) is 0 Å². The van der Waals surface area contributed by atoms with Crippen molar-refractivity contribution >= 4 is 23.9 Å². The summed E-state index contributed by atoms with van der Waals surface area (Å²) in [7, 11) is 0. The molecule has 0 saturated carbocycles. The molecule has 140 valence electrons. The van der Waals surface area contributed by atoms with Gasteiger partial charge in [0.2, 0.25) is 0 Å². The van der Waals surface area contributed by atoms with Gasteiger partial charge in [0.1, 0.15) is 11.5 Å². The normalized spacial score (nSPS) is 10.9. The predicted octanol–water partition coefficient (Wildman–Crippen LogP) is 2.58. The number of halogens is 1. The minimum absolute atomic E-state index is 0.0942. The maximum absolute atomic E-state index is 13.9. The van der Waals surface area contributed by atoms with Crippen LogP contribution in [-0.2, 0) is 9.59 Å². The molecule has 2 aromatic rings. The number of hydrogen-bond donors (Lipinski definition) is 3. The summed E-state index contributed by atoms with van der Waals surface area (Å²) in [6, 6.07) is 14.1. The Hall–Kier alpha value is -3.48. The molecule has 2 amide bonds. The Morgan fingerprint density at radius 3 is 2.33 bits per heavy atom. The summed E-state index contributed by atoms with van der Waals surface area (Å²) in [6.07, 6.45) is 1.38. The van der Waals surface area contributed by atoms with Crippen molar-refractivity contribution in [3.8, 4) is 0 Å². The van der Waals surface area contributed by atoms with Crippen molar-refractivity contribution in [2.75, 3.05) is 6.54 Å². The van der Waals surface area contributed by atoms with Gasteiger partial charge in [-0.15, -0.1) is 0 Å². The van der Waals surface area contributed by atoms with Crippen LogP contribution in [0.5, 0.6) is 0 Å². The zero-order valence-electron chi connectivity index (χ0n) is 14.4. The third-order valence-corrected chi connectivity index (χ3v) is 3.59. The fraction of sp³-hybridized carbons (Fsp3) is 0.150. The van der Waals surface area contributed by atoms with E-state index in [1.165, 1.54) is 24.3 Å². The second kappa shape index (κ2) is 9.86. The highest BCUT2D eigenvalue weighted by Gasteiger charge is 2.15. The van der Waals surface area contributed by atoms with Crippen molar-refractivity contribution in [3.05, 3.63) is 77.2 Å². The number of carbonyl (C=O) groups excluding carboxylic acids is 2. The number of rotatable bonds is 8. The Morgan fingerprint density at radius 1 is 1.00 bits per heavy atom. The third kappa shape index (κ3) is 6.39. The van der Waals surface area contributed by atoms with E-state index in [1.807, 2.05) is 0 Å². The largest absolute Gasteiger partial charge is 0.481 e. The monoisotopic (exact) mass is 370 g/mol. The average molecular weight is 370 g/mol. The molecule has 27 heavy (non-hydrogen) atoms. The van der Waals surface area contributed by atoms with E-state index in [2.05, 4.69) is 10.6 Å². The standard InChI is InChI=1S/C20H19FN2O4/c21-16-10-5-4-9-15(16)13-17(20(27)22-12-6-11-18(24)25)23-19(26)14-7-2-1-3-8-14/h1-5,7-10,13H,6,11-12H2,(H,22,27)(H,23,26)(H,24,25). The number of amides is 2. The second-order valence-corrected chi connectivity index (χ2v) is 5.65. The van der Waals surface area contributed by atoms with E-state index in [9.17, 15) is 18.8 Å². The molecule has 2 rings (SSSR count). The van der Waals surface area contributed by atoms with Gasteiger partial charge in [-0.05, 0) is 30.7 Å². The first-order valence-electron chi connectivity index (χ1n) is 8.30. The lowest BCUT2D eigenvalue weighted by molar-refractivity contribution is -0.137. The van der Waals surface area contributed by atoms with E-state index in [0.717, 1.165) is 0 Å². The Labute approximate surface area is 155 Å². The zero-order chi connectivity index (χ0) is 19.6. The van der Waals surface area contributed by atoms with Gasteiger partial charge < -0.3 is 15.7 Å². The van der Waals surface area contributed by atoms with Crippen LogP contribution in [0, 0.1) is 5.82 Å². The molecule has 2 aromatic carbocycles. The summed E-state index contributed by atoms with van der Waals surface area (Å²) in [5.74, 6) is -2.65. The molecule has 7 heteroatoms. The van der Waals surface area contributed by atoms with Gasteiger partial charge in [-0.2, -0.15) is 0 Å². The Kier molecular flexibility index (Phi) is 7.25. The van der Waals surface area contributed by atoms with Crippen LogP contribution in [0.1, 0.15) is 28.8 Å².